The Balaban J connectivity index is 3.76. The zero-order valence-electron chi connectivity index (χ0n) is 8.11. The molecular formula is C9H16F2N2. The third kappa shape index (κ3) is 6.50. The Labute approximate surface area is 78.3 Å². The normalized spacial score (nSPS) is 11.7. The minimum atomic E-state index is -2.68. The molecule has 0 bridgehead atoms. The monoisotopic (exact) mass is 190 g/mol. The van der Waals surface area contributed by atoms with Crippen LogP contribution >= 0.6 is 0 Å². The van der Waals surface area contributed by atoms with Crippen molar-refractivity contribution in [1.29, 1.82) is 0 Å². The van der Waals surface area contributed by atoms with Crippen molar-refractivity contribution in [3.63, 3.8) is 0 Å². The van der Waals surface area contributed by atoms with E-state index in [-0.39, 0.29) is 13.1 Å². The summed E-state index contributed by atoms with van der Waals surface area (Å²) >= 11 is 0. The van der Waals surface area contributed by atoms with Crippen LogP contribution < -0.4 is 5.32 Å². The minimum Gasteiger partial charge on any atom is -0.314 e. The molecule has 0 aromatic rings. The lowest BCUT2D eigenvalue weighted by atomic mass is 10.3. The van der Waals surface area contributed by atoms with Gasteiger partial charge in [-0.05, 0) is 14.1 Å². The van der Waals surface area contributed by atoms with Gasteiger partial charge in [0, 0.05) is 13.0 Å². The standard InChI is InChI=1S/C9H16F2N2/c1-4-5-6-13(3)8-9(10,11)7-12-2/h1,12H,5-8H2,2-3H3. The first kappa shape index (κ1) is 12.3. The third-order valence-corrected chi connectivity index (χ3v) is 1.57. The summed E-state index contributed by atoms with van der Waals surface area (Å²) in [6.45, 7) is -0.0429. The summed E-state index contributed by atoms with van der Waals surface area (Å²) < 4.78 is 25.9. The largest absolute Gasteiger partial charge is 0.314 e. The van der Waals surface area contributed by atoms with Crippen molar-refractivity contribution in [2.75, 3.05) is 33.7 Å². The summed E-state index contributed by atoms with van der Waals surface area (Å²) in [5, 5.41) is 2.45. The number of nitrogens with one attached hydrogen (secondary N) is 1. The Hall–Kier alpha value is -0.660. The highest BCUT2D eigenvalue weighted by Gasteiger charge is 2.29. The Morgan fingerprint density at radius 3 is 2.62 bits per heavy atom. The molecule has 0 aliphatic carbocycles. The van der Waals surface area contributed by atoms with Gasteiger partial charge in [-0.15, -0.1) is 12.3 Å². The molecule has 0 atom stereocenters. The topological polar surface area (TPSA) is 15.3 Å². The molecule has 0 amide bonds. The maximum atomic E-state index is 12.9. The quantitative estimate of drug-likeness (QED) is 0.623. The SMILES string of the molecule is C#CCCN(C)CC(F)(F)CNC. The molecule has 0 aliphatic heterocycles. The van der Waals surface area contributed by atoms with Crippen LogP contribution in [0.2, 0.25) is 0 Å². The fourth-order valence-corrected chi connectivity index (χ4v) is 1.04. The van der Waals surface area contributed by atoms with Crippen molar-refractivity contribution in [2.45, 2.75) is 12.3 Å². The number of rotatable bonds is 6. The van der Waals surface area contributed by atoms with E-state index in [0.717, 1.165) is 0 Å². The van der Waals surface area contributed by atoms with E-state index < -0.39 is 5.92 Å². The number of alkyl halides is 2. The minimum absolute atomic E-state index is 0.254. The molecule has 76 valence electrons. The molecule has 4 heteroatoms. The molecule has 0 fully saturated rings. The molecule has 0 rings (SSSR count). The van der Waals surface area contributed by atoms with Crippen LogP contribution in [0.15, 0.2) is 0 Å². The van der Waals surface area contributed by atoms with Gasteiger partial charge in [0.2, 0.25) is 0 Å². The number of terminal acetylenes is 1. The third-order valence-electron chi connectivity index (χ3n) is 1.57. The highest BCUT2D eigenvalue weighted by atomic mass is 19.3. The molecule has 0 aliphatic rings. The summed E-state index contributed by atoms with van der Waals surface area (Å²) in [6.07, 6.45) is 5.53. The van der Waals surface area contributed by atoms with Crippen LogP contribution in [0.1, 0.15) is 6.42 Å². The maximum Gasteiger partial charge on any atom is 0.272 e. The van der Waals surface area contributed by atoms with Crippen LogP contribution in [0.5, 0.6) is 0 Å². The van der Waals surface area contributed by atoms with Gasteiger partial charge in [-0.2, -0.15) is 0 Å². The highest BCUT2D eigenvalue weighted by Crippen LogP contribution is 2.12. The fourth-order valence-electron chi connectivity index (χ4n) is 1.04. The summed E-state index contributed by atoms with van der Waals surface area (Å²) in [5.74, 6) is -0.268. The van der Waals surface area contributed by atoms with E-state index in [4.69, 9.17) is 6.42 Å². The van der Waals surface area contributed by atoms with Gasteiger partial charge < -0.3 is 5.32 Å². The molecule has 0 spiro atoms. The molecule has 13 heavy (non-hydrogen) atoms. The van der Waals surface area contributed by atoms with Gasteiger partial charge in [0.05, 0.1) is 13.1 Å². The van der Waals surface area contributed by atoms with Crippen molar-refractivity contribution in [1.82, 2.24) is 10.2 Å². The van der Waals surface area contributed by atoms with Crippen molar-refractivity contribution in [3.05, 3.63) is 0 Å². The molecule has 0 aromatic carbocycles. The molecular weight excluding hydrogens is 174 g/mol. The number of hydrogen-bond donors (Lipinski definition) is 1. The lowest BCUT2D eigenvalue weighted by Crippen LogP contribution is -2.41. The molecule has 0 unspecified atom stereocenters. The molecule has 0 radical (unpaired) electrons. The van der Waals surface area contributed by atoms with E-state index in [1.54, 1.807) is 7.05 Å². The van der Waals surface area contributed by atoms with Gasteiger partial charge in [0.15, 0.2) is 0 Å². The molecule has 0 heterocycles. The smallest absolute Gasteiger partial charge is 0.272 e. The summed E-state index contributed by atoms with van der Waals surface area (Å²) in [6, 6.07) is 0. The second kappa shape index (κ2) is 5.90. The van der Waals surface area contributed by atoms with Gasteiger partial charge in [-0.3, -0.25) is 4.90 Å². The predicted molar refractivity (Wildman–Crippen MR) is 49.8 cm³/mol. The highest BCUT2D eigenvalue weighted by molar-refractivity contribution is 4.85. The fraction of sp³-hybridized carbons (Fsp3) is 0.778. The molecule has 0 saturated carbocycles. The van der Waals surface area contributed by atoms with Crippen molar-refractivity contribution >= 4 is 0 Å². The molecule has 0 saturated heterocycles. The lowest BCUT2D eigenvalue weighted by Gasteiger charge is -2.22. The van der Waals surface area contributed by atoms with Crippen LogP contribution in [0.4, 0.5) is 8.78 Å². The van der Waals surface area contributed by atoms with E-state index in [9.17, 15) is 8.78 Å². The first-order valence-corrected chi connectivity index (χ1v) is 4.16. The van der Waals surface area contributed by atoms with Crippen molar-refractivity contribution in [2.24, 2.45) is 0 Å². The van der Waals surface area contributed by atoms with E-state index in [2.05, 4.69) is 11.2 Å². The summed E-state index contributed by atoms with van der Waals surface area (Å²) in [5.41, 5.74) is 0. The van der Waals surface area contributed by atoms with Gasteiger partial charge >= 0.3 is 0 Å². The Bertz CT molecular complexity index is 175. The average molecular weight is 190 g/mol. The van der Waals surface area contributed by atoms with Crippen LogP contribution in [-0.2, 0) is 0 Å². The number of nitrogens with zero attached hydrogens (tertiary/aromatic N) is 1. The second-order valence-corrected chi connectivity index (χ2v) is 3.08. The summed E-state index contributed by atoms with van der Waals surface area (Å²) in [7, 11) is 3.15. The van der Waals surface area contributed by atoms with Gasteiger partial charge in [-0.25, -0.2) is 8.78 Å². The van der Waals surface area contributed by atoms with Gasteiger partial charge in [-0.1, -0.05) is 0 Å². The van der Waals surface area contributed by atoms with Crippen molar-refractivity contribution in [3.8, 4) is 12.3 Å². The van der Waals surface area contributed by atoms with E-state index in [1.807, 2.05) is 0 Å². The molecule has 1 N–H and O–H groups in total. The zero-order chi connectivity index (χ0) is 10.3. The Morgan fingerprint density at radius 1 is 1.54 bits per heavy atom. The van der Waals surface area contributed by atoms with Crippen LogP contribution in [0, 0.1) is 12.3 Å². The molecule has 2 nitrogen and oxygen atoms in total. The van der Waals surface area contributed by atoms with E-state index >= 15 is 0 Å². The maximum absolute atomic E-state index is 12.9. The Kier molecular flexibility index (Phi) is 5.60. The van der Waals surface area contributed by atoms with E-state index in [1.165, 1.54) is 11.9 Å². The zero-order valence-corrected chi connectivity index (χ0v) is 8.11. The molecule has 0 aromatic heterocycles. The first-order valence-electron chi connectivity index (χ1n) is 4.16. The van der Waals surface area contributed by atoms with Gasteiger partial charge in [0.25, 0.3) is 5.92 Å². The van der Waals surface area contributed by atoms with Crippen LogP contribution in [0.3, 0.4) is 0 Å². The lowest BCUT2D eigenvalue weighted by molar-refractivity contribution is -0.0228. The Morgan fingerprint density at radius 2 is 2.15 bits per heavy atom. The number of hydrogen-bond acceptors (Lipinski definition) is 2. The van der Waals surface area contributed by atoms with Crippen LogP contribution in [0.25, 0.3) is 0 Å². The van der Waals surface area contributed by atoms with E-state index in [0.29, 0.717) is 13.0 Å². The van der Waals surface area contributed by atoms with Crippen LogP contribution in [-0.4, -0.2) is 44.6 Å². The predicted octanol–water partition coefficient (Wildman–Crippen LogP) is 0.796. The summed E-state index contributed by atoms with van der Waals surface area (Å²) in [4.78, 5) is 1.54. The average Bonchev–Trinajstić information content (AvgIpc) is 1.99. The first-order chi connectivity index (χ1) is 6.02. The van der Waals surface area contributed by atoms with Gasteiger partial charge in [0.1, 0.15) is 0 Å². The van der Waals surface area contributed by atoms with Crippen molar-refractivity contribution < 1.29 is 8.78 Å². The number of halogens is 2. The second-order valence-electron chi connectivity index (χ2n) is 3.08.